The highest BCUT2D eigenvalue weighted by molar-refractivity contribution is 5.63. The molecule has 0 aromatic rings. The van der Waals surface area contributed by atoms with Crippen LogP contribution in [0.2, 0.25) is 0 Å². The monoisotopic (exact) mass is 150 g/mol. The van der Waals surface area contributed by atoms with Gasteiger partial charge in [0.1, 0.15) is 6.10 Å². The summed E-state index contributed by atoms with van der Waals surface area (Å²) in [7, 11) is 0. The minimum absolute atomic E-state index is 0.00606. The number of hydrogen-bond donors (Lipinski definition) is 4. The van der Waals surface area contributed by atoms with Crippen LogP contribution < -0.4 is 0 Å². The van der Waals surface area contributed by atoms with Crippen molar-refractivity contribution in [3.05, 3.63) is 0 Å². The summed E-state index contributed by atoms with van der Waals surface area (Å²) in [5, 5.41) is 34.1. The highest BCUT2D eigenvalue weighted by atomic mass is 16.4. The van der Waals surface area contributed by atoms with Crippen LogP contribution in [0.5, 0.6) is 0 Å². The van der Waals surface area contributed by atoms with E-state index in [2.05, 4.69) is 0 Å². The molecule has 0 heterocycles. The number of aliphatic hydroxyl groups excluding tert-OH is 3. The smallest absolute Gasteiger partial charge is 0.170 e. The molecule has 60 valence electrons. The molecule has 0 amide bonds. The van der Waals surface area contributed by atoms with Crippen molar-refractivity contribution < 1.29 is 25.2 Å². The van der Waals surface area contributed by atoms with Crippen molar-refractivity contribution in [2.24, 2.45) is 0 Å². The minimum Gasteiger partial charge on any atom is -0.394 e. The largest absolute Gasteiger partial charge is 0.394 e. The van der Waals surface area contributed by atoms with E-state index >= 15 is 0 Å². The minimum atomic E-state index is -2.23. The summed E-state index contributed by atoms with van der Waals surface area (Å²) < 4.78 is 0. The van der Waals surface area contributed by atoms with Crippen molar-refractivity contribution in [3.8, 4) is 0 Å². The van der Waals surface area contributed by atoms with E-state index < -0.39 is 24.9 Å². The fraction of sp³-hybridized carbons (Fsp3) is 0.800. The van der Waals surface area contributed by atoms with Crippen LogP contribution in [0.4, 0.5) is 0 Å². The number of aldehydes is 1. The lowest BCUT2D eigenvalue weighted by molar-refractivity contribution is -0.148. The maximum atomic E-state index is 9.98. The third-order valence-corrected chi connectivity index (χ3v) is 1.21. The SMILES string of the molecule is O=C[C@@](O)(CO)[C@H](O)CO. The first-order valence-corrected chi connectivity index (χ1v) is 2.69. The Hall–Kier alpha value is -0.490. The summed E-state index contributed by atoms with van der Waals surface area (Å²) in [5.41, 5.74) is -2.23. The molecule has 0 aliphatic rings. The molecule has 0 aromatic heterocycles. The topological polar surface area (TPSA) is 98.0 Å². The van der Waals surface area contributed by atoms with Gasteiger partial charge < -0.3 is 20.4 Å². The second kappa shape index (κ2) is 3.62. The van der Waals surface area contributed by atoms with E-state index in [1.807, 2.05) is 0 Å². The van der Waals surface area contributed by atoms with Gasteiger partial charge in [-0.3, -0.25) is 4.79 Å². The van der Waals surface area contributed by atoms with Crippen molar-refractivity contribution >= 4 is 6.29 Å². The molecule has 0 aliphatic carbocycles. The molecule has 0 aromatic carbocycles. The molecule has 4 N–H and O–H groups in total. The highest BCUT2D eigenvalue weighted by Gasteiger charge is 2.34. The van der Waals surface area contributed by atoms with Gasteiger partial charge in [-0.2, -0.15) is 0 Å². The molecule has 5 nitrogen and oxygen atoms in total. The summed E-state index contributed by atoms with van der Waals surface area (Å²) in [5.74, 6) is 0. The lowest BCUT2D eigenvalue weighted by atomic mass is 10.0. The average molecular weight is 150 g/mol. The summed E-state index contributed by atoms with van der Waals surface area (Å²) in [6, 6.07) is 0. The molecule has 0 rings (SSSR count). The molecule has 0 radical (unpaired) electrons. The molecule has 2 atom stereocenters. The Morgan fingerprint density at radius 1 is 1.50 bits per heavy atom. The van der Waals surface area contributed by atoms with Crippen LogP contribution in [-0.4, -0.2) is 51.6 Å². The fourth-order valence-corrected chi connectivity index (χ4v) is 0.379. The van der Waals surface area contributed by atoms with Crippen LogP contribution in [0.25, 0.3) is 0 Å². The lowest BCUT2D eigenvalue weighted by Gasteiger charge is -2.22. The zero-order valence-corrected chi connectivity index (χ0v) is 5.27. The summed E-state index contributed by atoms with van der Waals surface area (Å²) in [4.78, 5) is 9.98. The molecule has 0 spiro atoms. The molecule has 0 unspecified atom stereocenters. The maximum Gasteiger partial charge on any atom is 0.170 e. The summed E-state index contributed by atoms with van der Waals surface area (Å²) in [6.07, 6.45) is -1.64. The van der Waals surface area contributed by atoms with Crippen LogP contribution in [0.3, 0.4) is 0 Å². The van der Waals surface area contributed by atoms with Crippen molar-refractivity contribution in [1.82, 2.24) is 0 Å². The molecular formula is C5H10O5. The summed E-state index contributed by atoms with van der Waals surface area (Å²) in [6.45, 7) is -1.67. The fourth-order valence-electron chi connectivity index (χ4n) is 0.379. The zero-order valence-electron chi connectivity index (χ0n) is 5.27. The number of carbonyl (C=O) groups is 1. The van der Waals surface area contributed by atoms with Gasteiger partial charge in [-0.1, -0.05) is 0 Å². The van der Waals surface area contributed by atoms with E-state index in [0.29, 0.717) is 0 Å². The van der Waals surface area contributed by atoms with E-state index in [1.165, 1.54) is 0 Å². The predicted molar refractivity (Wildman–Crippen MR) is 31.2 cm³/mol. The van der Waals surface area contributed by atoms with Crippen molar-refractivity contribution in [2.45, 2.75) is 11.7 Å². The molecule has 0 fully saturated rings. The van der Waals surface area contributed by atoms with Gasteiger partial charge in [0.05, 0.1) is 13.2 Å². The molecular weight excluding hydrogens is 140 g/mol. The zero-order chi connectivity index (χ0) is 8.20. The summed E-state index contributed by atoms with van der Waals surface area (Å²) >= 11 is 0. The lowest BCUT2D eigenvalue weighted by Crippen LogP contribution is -2.49. The van der Waals surface area contributed by atoms with E-state index in [1.54, 1.807) is 0 Å². The Morgan fingerprint density at radius 3 is 2.10 bits per heavy atom. The molecule has 0 bridgehead atoms. The van der Waals surface area contributed by atoms with Gasteiger partial charge in [0, 0.05) is 0 Å². The van der Waals surface area contributed by atoms with Crippen LogP contribution in [-0.2, 0) is 4.79 Å². The van der Waals surface area contributed by atoms with E-state index in [4.69, 9.17) is 20.4 Å². The Morgan fingerprint density at radius 2 is 2.00 bits per heavy atom. The van der Waals surface area contributed by atoms with Crippen LogP contribution in [0.15, 0.2) is 0 Å². The van der Waals surface area contributed by atoms with Crippen molar-refractivity contribution in [3.63, 3.8) is 0 Å². The van der Waals surface area contributed by atoms with Crippen molar-refractivity contribution in [2.75, 3.05) is 13.2 Å². The number of aliphatic hydroxyl groups is 4. The maximum absolute atomic E-state index is 9.98. The van der Waals surface area contributed by atoms with E-state index in [9.17, 15) is 4.79 Å². The number of hydrogen-bond acceptors (Lipinski definition) is 5. The van der Waals surface area contributed by atoms with E-state index in [-0.39, 0.29) is 6.29 Å². The van der Waals surface area contributed by atoms with Crippen molar-refractivity contribution in [1.29, 1.82) is 0 Å². The quantitative estimate of drug-likeness (QED) is 0.326. The van der Waals surface area contributed by atoms with Gasteiger partial charge in [0.25, 0.3) is 0 Å². The Kier molecular flexibility index (Phi) is 3.45. The van der Waals surface area contributed by atoms with Crippen LogP contribution >= 0.6 is 0 Å². The van der Waals surface area contributed by atoms with Crippen LogP contribution in [0, 0.1) is 0 Å². The third-order valence-electron chi connectivity index (χ3n) is 1.21. The normalized spacial score (nSPS) is 19.6. The van der Waals surface area contributed by atoms with Gasteiger partial charge in [-0.15, -0.1) is 0 Å². The number of rotatable bonds is 4. The number of carbonyl (C=O) groups excluding carboxylic acids is 1. The highest BCUT2D eigenvalue weighted by Crippen LogP contribution is 2.05. The average Bonchev–Trinajstić information content (AvgIpc) is 2.01. The molecule has 10 heavy (non-hydrogen) atoms. The van der Waals surface area contributed by atoms with Gasteiger partial charge >= 0.3 is 0 Å². The first kappa shape index (κ1) is 9.51. The molecule has 5 heteroatoms. The van der Waals surface area contributed by atoms with Gasteiger partial charge in [-0.25, -0.2) is 0 Å². The van der Waals surface area contributed by atoms with Crippen LogP contribution in [0.1, 0.15) is 0 Å². The van der Waals surface area contributed by atoms with Gasteiger partial charge in [0.2, 0.25) is 0 Å². The standard InChI is InChI=1S/C5H10O5/c6-1-4(9)5(10,2-7)3-8/h2,4,6,8-10H,1,3H2/t4-,5-/m1/s1. The van der Waals surface area contributed by atoms with Gasteiger partial charge in [0.15, 0.2) is 11.9 Å². The first-order valence-electron chi connectivity index (χ1n) is 2.69. The second-order valence-corrected chi connectivity index (χ2v) is 1.97. The van der Waals surface area contributed by atoms with E-state index in [0.717, 1.165) is 0 Å². The third kappa shape index (κ3) is 1.74. The molecule has 0 aliphatic heterocycles. The first-order chi connectivity index (χ1) is 4.60. The van der Waals surface area contributed by atoms with Gasteiger partial charge in [-0.05, 0) is 0 Å². The Bertz CT molecular complexity index is 115. The molecule has 0 saturated heterocycles. The second-order valence-electron chi connectivity index (χ2n) is 1.97. The Labute approximate surface area is 57.5 Å². The predicted octanol–water partition coefficient (Wildman–Crippen LogP) is -2.74. The Balaban J connectivity index is 4.16. The molecule has 0 saturated carbocycles.